The summed E-state index contributed by atoms with van der Waals surface area (Å²) in [6.45, 7) is 8.65. The van der Waals surface area contributed by atoms with Crippen molar-refractivity contribution in [2.45, 2.75) is 77.4 Å². The third-order valence-electron chi connectivity index (χ3n) is 3.78. The van der Waals surface area contributed by atoms with Gasteiger partial charge in [-0.25, -0.2) is 19.6 Å². The van der Waals surface area contributed by atoms with E-state index in [1.54, 1.807) is 34.6 Å². The van der Waals surface area contributed by atoms with Gasteiger partial charge in [-0.3, -0.25) is 0 Å². The predicted molar refractivity (Wildman–Crippen MR) is 74.3 cm³/mol. The molecule has 2 amide bonds. The molecule has 1 saturated carbocycles. The van der Waals surface area contributed by atoms with Gasteiger partial charge in [0, 0.05) is 6.42 Å². The normalized spacial score (nSPS) is 31.2. The van der Waals surface area contributed by atoms with Gasteiger partial charge in [0.25, 0.3) is 0 Å². The van der Waals surface area contributed by atoms with Crippen LogP contribution in [0, 0.1) is 0 Å². The highest BCUT2D eigenvalue weighted by Crippen LogP contribution is 2.44. The summed E-state index contributed by atoms with van der Waals surface area (Å²) in [4.78, 5) is 24.5. The van der Waals surface area contributed by atoms with Crippen molar-refractivity contribution in [3.63, 3.8) is 0 Å². The van der Waals surface area contributed by atoms with Crippen LogP contribution in [-0.2, 0) is 9.47 Å². The fourth-order valence-electron chi connectivity index (χ4n) is 3.05. The summed E-state index contributed by atoms with van der Waals surface area (Å²) in [6, 6.07) is -0.704. The van der Waals surface area contributed by atoms with Gasteiger partial charge in [0.2, 0.25) is 0 Å². The van der Waals surface area contributed by atoms with Crippen LogP contribution >= 0.6 is 0 Å². The minimum absolute atomic E-state index is 0.240. The van der Waals surface area contributed by atoms with Crippen LogP contribution in [0.25, 0.3) is 0 Å². The molecular weight excluding hydrogens is 276 g/mol. The lowest BCUT2D eigenvalue weighted by molar-refractivity contribution is -0.116. The number of fused-ring (bicyclic) bond motifs is 2. The molecule has 3 unspecified atom stereocenters. The molecular formula is C14H24N2O5. The second kappa shape index (κ2) is 5.36. The molecule has 1 N–H and O–H groups in total. The van der Waals surface area contributed by atoms with Gasteiger partial charge in [0.05, 0.1) is 29.9 Å². The summed E-state index contributed by atoms with van der Waals surface area (Å²) in [5.41, 5.74) is -1.02. The van der Waals surface area contributed by atoms with Crippen LogP contribution in [0.3, 0.4) is 0 Å². The van der Waals surface area contributed by atoms with Crippen LogP contribution in [0.2, 0.25) is 0 Å². The zero-order valence-electron chi connectivity index (χ0n) is 13.2. The lowest BCUT2D eigenvalue weighted by atomic mass is 9.99. The minimum Gasteiger partial charge on any atom is -0.445 e. The molecule has 1 saturated heterocycles. The maximum absolute atomic E-state index is 12.3. The molecule has 7 heteroatoms. The number of hydrazine groups is 1. The highest BCUT2D eigenvalue weighted by molar-refractivity contribution is 5.76. The number of aliphatic hydroxyl groups is 1. The third kappa shape index (κ3) is 2.92. The van der Waals surface area contributed by atoms with Crippen molar-refractivity contribution in [2.24, 2.45) is 0 Å². The average Bonchev–Trinajstić information content (AvgIpc) is 2.79. The highest BCUT2D eigenvalue weighted by Gasteiger charge is 2.60. The van der Waals surface area contributed by atoms with Crippen LogP contribution in [0.15, 0.2) is 0 Å². The number of amides is 2. The number of ether oxygens (including phenoxy) is 2. The quantitative estimate of drug-likeness (QED) is 0.842. The van der Waals surface area contributed by atoms with E-state index in [0.717, 1.165) is 0 Å². The van der Waals surface area contributed by atoms with Crippen molar-refractivity contribution in [3.05, 3.63) is 0 Å². The van der Waals surface area contributed by atoms with Crippen molar-refractivity contribution < 1.29 is 24.2 Å². The maximum Gasteiger partial charge on any atom is 0.429 e. The Kier molecular flexibility index (Phi) is 4.06. The van der Waals surface area contributed by atoms with Crippen LogP contribution in [0.4, 0.5) is 9.59 Å². The maximum atomic E-state index is 12.3. The molecule has 2 rings (SSSR count). The number of hydrogen-bond acceptors (Lipinski definition) is 5. The summed E-state index contributed by atoms with van der Waals surface area (Å²) in [6.07, 6.45) is -0.819. The summed E-state index contributed by atoms with van der Waals surface area (Å²) in [7, 11) is 0. The van der Waals surface area contributed by atoms with Gasteiger partial charge in [0.15, 0.2) is 0 Å². The molecule has 1 aliphatic heterocycles. The standard InChI is InChI=1S/C14H24N2O5/c1-8(2)20-12(17)15-10-6-11(14(5,19)7-10)16(15)13(18)21-9(3)4/h8-11,19H,6-7H2,1-5H3. The second-order valence-electron chi connectivity index (χ2n) is 6.52. The number of rotatable bonds is 2. The van der Waals surface area contributed by atoms with E-state index in [-0.39, 0.29) is 18.2 Å². The molecule has 120 valence electrons. The van der Waals surface area contributed by atoms with Gasteiger partial charge in [0.1, 0.15) is 0 Å². The zero-order chi connectivity index (χ0) is 15.9. The molecule has 2 aliphatic rings. The fraction of sp³-hybridized carbons (Fsp3) is 0.857. The molecule has 1 aliphatic carbocycles. The Hall–Kier alpha value is -1.50. The molecule has 0 aromatic rings. The van der Waals surface area contributed by atoms with E-state index in [1.807, 2.05) is 0 Å². The molecule has 3 atom stereocenters. The summed E-state index contributed by atoms with van der Waals surface area (Å²) in [5, 5.41) is 12.9. The molecule has 0 radical (unpaired) electrons. The molecule has 7 nitrogen and oxygen atoms in total. The average molecular weight is 300 g/mol. The van der Waals surface area contributed by atoms with E-state index < -0.39 is 23.8 Å². The van der Waals surface area contributed by atoms with Gasteiger partial charge in [-0.05, 0) is 41.0 Å². The van der Waals surface area contributed by atoms with E-state index in [1.165, 1.54) is 10.0 Å². The van der Waals surface area contributed by atoms with Crippen molar-refractivity contribution in [2.75, 3.05) is 0 Å². The Morgan fingerprint density at radius 3 is 2.05 bits per heavy atom. The predicted octanol–water partition coefficient (Wildman–Crippen LogP) is 1.89. The molecule has 0 spiro atoms. The Morgan fingerprint density at radius 1 is 1.10 bits per heavy atom. The number of hydrogen-bond donors (Lipinski definition) is 1. The van der Waals surface area contributed by atoms with Crippen molar-refractivity contribution >= 4 is 12.2 Å². The Labute approximate surface area is 124 Å². The van der Waals surface area contributed by atoms with E-state index in [2.05, 4.69) is 0 Å². The van der Waals surface area contributed by atoms with Gasteiger partial charge in [-0.1, -0.05) is 0 Å². The van der Waals surface area contributed by atoms with Gasteiger partial charge in [-0.15, -0.1) is 0 Å². The SMILES string of the molecule is CC(C)OC(=O)N1C2CC(N1C(=O)OC(C)C)C(C)(O)C2. The molecule has 1 heterocycles. The third-order valence-corrected chi connectivity index (χ3v) is 3.78. The minimum atomic E-state index is -1.02. The second-order valence-corrected chi connectivity index (χ2v) is 6.52. The topological polar surface area (TPSA) is 79.3 Å². The van der Waals surface area contributed by atoms with E-state index in [0.29, 0.717) is 12.8 Å². The molecule has 0 aromatic heterocycles. The molecule has 21 heavy (non-hydrogen) atoms. The highest BCUT2D eigenvalue weighted by atomic mass is 16.6. The van der Waals surface area contributed by atoms with E-state index in [9.17, 15) is 14.7 Å². The monoisotopic (exact) mass is 300 g/mol. The number of nitrogens with zero attached hydrogens (tertiary/aromatic N) is 2. The summed E-state index contributed by atoms with van der Waals surface area (Å²) in [5.74, 6) is 0. The first-order valence-electron chi connectivity index (χ1n) is 7.35. The van der Waals surface area contributed by atoms with Crippen LogP contribution in [-0.4, -0.2) is 57.2 Å². The van der Waals surface area contributed by atoms with Crippen molar-refractivity contribution in [3.8, 4) is 0 Å². The van der Waals surface area contributed by atoms with Crippen molar-refractivity contribution in [1.29, 1.82) is 0 Å². The molecule has 2 fully saturated rings. The van der Waals surface area contributed by atoms with Gasteiger partial charge < -0.3 is 14.6 Å². The fourth-order valence-corrected chi connectivity index (χ4v) is 3.05. The summed E-state index contributed by atoms with van der Waals surface area (Å²) < 4.78 is 10.4. The first kappa shape index (κ1) is 15.9. The van der Waals surface area contributed by atoms with Gasteiger partial charge >= 0.3 is 12.2 Å². The van der Waals surface area contributed by atoms with E-state index in [4.69, 9.17) is 9.47 Å². The molecule has 0 aromatic carbocycles. The Morgan fingerprint density at radius 2 is 1.57 bits per heavy atom. The van der Waals surface area contributed by atoms with Crippen LogP contribution in [0.1, 0.15) is 47.5 Å². The lowest BCUT2D eigenvalue weighted by Crippen LogP contribution is -2.61. The van der Waals surface area contributed by atoms with E-state index >= 15 is 0 Å². The molecule has 2 bridgehead atoms. The van der Waals surface area contributed by atoms with Crippen LogP contribution < -0.4 is 0 Å². The first-order valence-corrected chi connectivity index (χ1v) is 7.35. The lowest BCUT2D eigenvalue weighted by Gasteiger charge is -2.42. The largest absolute Gasteiger partial charge is 0.445 e. The first-order chi connectivity index (χ1) is 9.63. The Balaban J connectivity index is 2.22. The summed E-state index contributed by atoms with van der Waals surface area (Å²) >= 11 is 0. The zero-order valence-corrected chi connectivity index (χ0v) is 13.2. The number of carbonyl (C=O) groups excluding carboxylic acids is 2. The van der Waals surface area contributed by atoms with Crippen molar-refractivity contribution in [1.82, 2.24) is 10.0 Å². The smallest absolute Gasteiger partial charge is 0.429 e. The Bertz CT molecular complexity index is 435. The number of carbonyl (C=O) groups is 2. The van der Waals surface area contributed by atoms with Crippen LogP contribution in [0.5, 0.6) is 0 Å². The van der Waals surface area contributed by atoms with Gasteiger partial charge in [-0.2, -0.15) is 0 Å².